The fraction of sp³-hybridized carbons (Fsp3) is 0.0385. The fourth-order valence-corrected chi connectivity index (χ4v) is 8.28. The molecule has 0 radical (unpaired) electrons. The molecule has 0 atom stereocenters. The van der Waals surface area contributed by atoms with E-state index in [1.54, 1.807) is 0 Å². The molecule has 0 aliphatic rings. The standard InChI is InChI=1S/C52H39N3/c1-36-22-26-41(27-23-36)53(42-28-24-37(2)25-29-42)43-30-32-44(33-31-43)54-48-21-13-12-20-45(48)46-34-35-47-49(38-14-6-3-7-15-38)50(39-16-8-4-9-17-39)55(52(47)51(46)54)40-18-10-5-11-19-40/h3-35H,1-2H3. The number of fused-ring (bicyclic) bond motifs is 5. The highest BCUT2D eigenvalue weighted by Crippen LogP contribution is 2.47. The van der Waals surface area contributed by atoms with Crippen LogP contribution in [0.3, 0.4) is 0 Å². The molecule has 0 bridgehead atoms. The molecule has 2 heterocycles. The van der Waals surface area contributed by atoms with Gasteiger partial charge >= 0.3 is 0 Å². The second-order valence-electron chi connectivity index (χ2n) is 14.4. The maximum Gasteiger partial charge on any atom is 0.0789 e. The van der Waals surface area contributed by atoms with E-state index < -0.39 is 0 Å². The van der Waals surface area contributed by atoms with E-state index in [4.69, 9.17) is 0 Å². The first kappa shape index (κ1) is 32.5. The first-order chi connectivity index (χ1) is 27.1. The molecule has 10 aromatic rings. The number of rotatable bonds is 7. The van der Waals surface area contributed by atoms with Crippen molar-refractivity contribution in [1.29, 1.82) is 0 Å². The quantitative estimate of drug-likeness (QED) is 0.161. The number of hydrogen-bond acceptors (Lipinski definition) is 1. The zero-order valence-electron chi connectivity index (χ0n) is 30.9. The van der Waals surface area contributed by atoms with Crippen molar-refractivity contribution in [2.45, 2.75) is 13.8 Å². The molecule has 3 heteroatoms. The van der Waals surface area contributed by atoms with Crippen molar-refractivity contribution in [2.75, 3.05) is 4.90 Å². The van der Waals surface area contributed by atoms with Crippen LogP contribution >= 0.6 is 0 Å². The van der Waals surface area contributed by atoms with Gasteiger partial charge in [-0.3, -0.25) is 0 Å². The molecule has 0 aliphatic carbocycles. The molecular formula is C52H39N3. The minimum absolute atomic E-state index is 1.10. The summed E-state index contributed by atoms with van der Waals surface area (Å²) in [5.41, 5.74) is 16.4. The lowest BCUT2D eigenvalue weighted by atomic mass is 9.98. The normalized spacial score (nSPS) is 11.5. The lowest BCUT2D eigenvalue weighted by molar-refractivity contribution is 1.12. The molecule has 0 fully saturated rings. The second kappa shape index (κ2) is 13.4. The minimum Gasteiger partial charge on any atom is -0.311 e. The van der Waals surface area contributed by atoms with Gasteiger partial charge in [0.15, 0.2) is 0 Å². The predicted octanol–water partition coefficient (Wildman–Crippen LogP) is 14.1. The molecule has 0 aliphatic heterocycles. The van der Waals surface area contributed by atoms with Crippen LogP contribution in [-0.4, -0.2) is 9.13 Å². The molecule has 0 spiro atoms. The van der Waals surface area contributed by atoms with Crippen molar-refractivity contribution in [2.24, 2.45) is 0 Å². The number of anilines is 3. The topological polar surface area (TPSA) is 13.1 Å². The summed E-state index contributed by atoms with van der Waals surface area (Å²) >= 11 is 0. The molecule has 55 heavy (non-hydrogen) atoms. The van der Waals surface area contributed by atoms with Gasteiger partial charge in [-0.15, -0.1) is 0 Å². The van der Waals surface area contributed by atoms with E-state index in [-0.39, 0.29) is 0 Å². The highest BCUT2D eigenvalue weighted by Gasteiger charge is 2.26. The van der Waals surface area contributed by atoms with Crippen molar-refractivity contribution in [1.82, 2.24) is 9.13 Å². The highest BCUT2D eigenvalue weighted by atomic mass is 15.1. The van der Waals surface area contributed by atoms with E-state index in [2.05, 4.69) is 228 Å². The summed E-state index contributed by atoms with van der Waals surface area (Å²) in [7, 11) is 0. The molecule has 8 aromatic carbocycles. The molecule has 2 aromatic heterocycles. The van der Waals surface area contributed by atoms with Gasteiger partial charge in [-0.2, -0.15) is 0 Å². The Balaban J connectivity index is 1.28. The number of nitrogens with zero attached hydrogens (tertiary/aromatic N) is 3. The lowest BCUT2D eigenvalue weighted by Crippen LogP contribution is -2.10. The SMILES string of the molecule is Cc1ccc(N(c2ccc(C)cc2)c2ccc(-n3c4ccccc4c4ccc5c(-c6ccccc6)c(-c6ccccc6)n(-c6ccccc6)c5c43)cc2)cc1. The van der Waals surface area contributed by atoms with E-state index in [0.29, 0.717) is 0 Å². The Morgan fingerprint density at radius 2 is 0.800 bits per heavy atom. The first-order valence-corrected chi connectivity index (χ1v) is 18.9. The van der Waals surface area contributed by atoms with Gasteiger partial charge in [0.1, 0.15) is 0 Å². The van der Waals surface area contributed by atoms with Crippen molar-refractivity contribution >= 4 is 49.8 Å². The van der Waals surface area contributed by atoms with E-state index in [1.807, 2.05) is 0 Å². The van der Waals surface area contributed by atoms with Gasteiger partial charge in [-0.25, -0.2) is 0 Å². The number of aromatic nitrogens is 2. The van der Waals surface area contributed by atoms with Crippen LogP contribution in [0.5, 0.6) is 0 Å². The number of para-hydroxylation sites is 2. The fourth-order valence-electron chi connectivity index (χ4n) is 8.28. The lowest BCUT2D eigenvalue weighted by Gasteiger charge is -2.26. The molecule has 0 saturated carbocycles. The van der Waals surface area contributed by atoms with Crippen molar-refractivity contribution in [3.05, 3.63) is 211 Å². The monoisotopic (exact) mass is 705 g/mol. The smallest absolute Gasteiger partial charge is 0.0789 e. The third kappa shape index (κ3) is 5.52. The highest BCUT2D eigenvalue weighted by molar-refractivity contribution is 6.22. The summed E-state index contributed by atoms with van der Waals surface area (Å²) in [6.07, 6.45) is 0. The van der Waals surface area contributed by atoms with Crippen LogP contribution < -0.4 is 4.90 Å². The number of benzene rings is 8. The molecule has 0 saturated heterocycles. The third-order valence-corrected chi connectivity index (χ3v) is 10.8. The Hall–Kier alpha value is -7.10. The summed E-state index contributed by atoms with van der Waals surface area (Å²) in [5, 5.41) is 3.67. The predicted molar refractivity (Wildman–Crippen MR) is 233 cm³/mol. The van der Waals surface area contributed by atoms with Gasteiger partial charge in [0.05, 0.1) is 22.2 Å². The number of hydrogen-bond donors (Lipinski definition) is 0. The molecular weight excluding hydrogens is 667 g/mol. The molecule has 3 nitrogen and oxygen atoms in total. The summed E-state index contributed by atoms with van der Waals surface area (Å²) in [4.78, 5) is 2.34. The Morgan fingerprint density at radius 1 is 0.345 bits per heavy atom. The van der Waals surface area contributed by atoms with Gasteiger partial charge in [-0.1, -0.05) is 145 Å². The van der Waals surface area contributed by atoms with Crippen LogP contribution in [0.15, 0.2) is 200 Å². The maximum absolute atomic E-state index is 2.50. The zero-order valence-corrected chi connectivity index (χ0v) is 30.9. The minimum atomic E-state index is 1.10. The van der Waals surface area contributed by atoms with Crippen LogP contribution in [0.4, 0.5) is 17.1 Å². The summed E-state index contributed by atoms with van der Waals surface area (Å²) < 4.78 is 4.97. The van der Waals surface area contributed by atoms with Crippen LogP contribution in [0.1, 0.15) is 11.1 Å². The average molecular weight is 706 g/mol. The van der Waals surface area contributed by atoms with Gasteiger partial charge in [0.25, 0.3) is 0 Å². The van der Waals surface area contributed by atoms with Crippen LogP contribution in [0.2, 0.25) is 0 Å². The van der Waals surface area contributed by atoms with Gasteiger partial charge in [-0.05, 0) is 91.7 Å². The largest absolute Gasteiger partial charge is 0.311 e. The molecule has 10 rings (SSSR count). The first-order valence-electron chi connectivity index (χ1n) is 18.9. The number of aryl methyl sites for hydroxylation is 2. The van der Waals surface area contributed by atoms with Crippen LogP contribution in [-0.2, 0) is 0 Å². The molecule has 0 amide bonds. The van der Waals surface area contributed by atoms with E-state index in [9.17, 15) is 0 Å². The maximum atomic E-state index is 2.50. The summed E-state index contributed by atoms with van der Waals surface area (Å²) in [6.45, 7) is 4.27. The average Bonchev–Trinajstić information content (AvgIpc) is 3.77. The second-order valence-corrected chi connectivity index (χ2v) is 14.4. The Labute approximate surface area is 321 Å². The van der Waals surface area contributed by atoms with E-state index in [0.717, 1.165) is 28.4 Å². The van der Waals surface area contributed by atoms with Crippen molar-refractivity contribution < 1.29 is 0 Å². The zero-order chi connectivity index (χ0) is 36.9. The summed E-state index contributed by atoms with van der Waals surface area (Å²) in [5.74, 6) is 0. The van der Waals surface area contributed by atoms with Gasteiger partial charge in [0, 0.05) is 50.2 Å². The Bertz CT molecular complexity index is 2890. The van der Waals surface area contributed by atoms with Crippen molar-refractivity contribution in [3.63, 3.8) is 0 Å². The molecule has 262 valence electrons. The van der Waals surface area contributed by atoms with Gasteiger partial charge < -0.3 is 14.0 Å². The molecule has 0 N–H and O–H groups in total. The Kier molecular flexibility index (Phi) is 7.92. The van der Waals surface area contributed by atoms with Crippen LogP contribution in [0, 0.1) is 13.8 Å². The molecule has 0 unspecified atom stereocenters. The van der Waals surface area contributed by atoms with E-state index in [1.165, 1.54) is 66.2 Å². The van der Waals surface area contributed by atoms with Gasteiger partial charge in [0.2, 0.25) is 0 Å². The van der Waals surface area contributed by atoms with Crippen molar-refractivity contribution in [3.8, 4) is 33.8 Å². The Morgan fingerprint density at radius 3 is 1.40 bits per heavy atom. The third-order valence-electron chi connectivity index (χ3n) is 10.8. The van der Waals surface area contributed by atoms with Crippen LogP contribution in [0.25, 0.3) is 66.5 Å². The van der Waals surface area contributed by atoms with E-state index >= 15 is 0 Å². The summed E-state index contributed by atoms with van der Waals surface area (Å²) in [6, 6.07) is 72.7.